The van der Waals surface area contributed by atoms with Gasteiger partial charge in [0.15, 0.2) is 0 Å². The van der Waals surface area contributed by atoms with Gasteiger partial charge in [-0.3, -0.25) is 9.69 Å². The second-order valence-electron chi connectivity index (χ2n) is 5.57. The topological polar surface area (TPSA) is 59.5 Å². The van der Waals surface area contributed by atoms with E-state index in [2.05, 4.69) is 4.98 Å². The van der Waals surface area contributed by atoms with Crippen LogP contribution >= 0.6 is 0 Å². The zero-order valence-corrected chi connectivity index (χ0v) is 13.0. The second-order valence-corrected chi connectivity index (χ2v) is 5.57. The van der Waals surface area contributed by atoms with Gasteiger partial charge in [0.05, 0.1) is 30.3 Å². The molecule has 0 fully saturated rings. The molecule has 1 aliphatic rings. The average molecular weight is 318 g/mol. The number of pyridine rings is 1. The molecular weight excluding hydrogens is 304 g/mol. The minimum Gasteiger partial charge on any atom is -0.465 e. The fourth-order valence-electron chi connectivity index (χ4n) is 3.06. The highest BCUT2D eigenvalue weighted by atomic mass is 16.5. The van der Waals surface area contributed by atoms with Crippen molar-refractivity contribution in [2.75, 3.05) is 12.0 Å². The van der Waals surface area contributed by atoms with Gasteiger partial charge in [-0.15, -0.1) is 0 Å². The molecule has 5 heteroatoms. The number of aromatic nitrogens is 1. The molecule has 0 saturated carbocycles. The number of esters is 1. The molecule has 5 nitrogen and oxygen atoms in total. The summed E-state index contributed by atoms with van der Waals surface area (Å²) < 4.78 is 4.89. The van der Waals surface area contributed by atoms with Crippen molar-refractivity contribution in [1.29, 1.82) is 0 Å². The van der Waals surface area contributed by atoms with Crippen LogP contribution in [-0.2, 0) is 16.0 Å². The molecule has 0 bridgehead atoms. The lowest BCUT2D eigenvalue weighted by atomic mass is 10.1. The number of ether oxygens (including phenoxy) is 1. The largest absolute Gasteiger partial charge is 0.465 e. The highest BCUT2D eigenvalue weighted by molar-refractivity contribution is 6.10. The SMILES string of the molecule is COC(=O)c1cc(N2C(=O)Cc3ccccc32)nc2ccccc12. The number of rotatable bonds is 2. The summed E-state index contributed by atoms with van der Waals surface area (Å²) in [6.45, 7) is 0. The summed E-state index contributed by atoms with van der Waals surface area (Å²) in [5, 5.41) is 0.702. The van der Waals surface area contributed by atoms with E-state index >= 15 is 0 Å². The maximum absolute atomic E-state index is 12.5. The molecular formula is C19H14N2O3. The molecule has 1 aromatic heterocycles. The van der Waals surface area contributed by atoms with Crippen molar-refractivity contribution in [3.05, 3.63) is 65.7 Å². The third-order valence-electron chi connectivity index (χ3n) is 4.16. The van der Waals surface area contributed by atoms with Gasteiger partial charge in [0, 0.05) is 5.39 Å². The van der Waals surface area contributed by atoms with Crippen molar-refractivity contribution < 1.29 is 14.3 Å². The number of fused-ring (bicyclic) bond motifs is 2. The Hall–Kier alpha value is -3.21. The van der Waals surface area contributed by atoms with Crippen LogP contribution in [0.4, 0.5) is 11.5 Å². The minimum absolute atomic E-state index is 0.0604. The zero-order valence-electron chi connectivity index (χ0n) is 13.0. The zero-order chi connectivity index (χ0) is 16.7. The van der Waals surface area contributed by atoms with E-state index in [9.17, 15) is 9.59 Å². The van der Waals surface area contributed by atoms with Crippen molar-refractivity contribution in [2.24, 2.45) is 0 Å². The number of hydrogen-bond donors (Lipinski definition) is 0. The summed E-state index contributed by atoms with van der Waals surface area (Å²) in [6, 6.07) is 16.5. The summed E-state index contributed by atoms with van der Waals surface area (Å²) in [6.07, 6.45) is 0.332. The molecule has 0 N–H and O–H groups in total. The monoisotopic (exact) mass is 318 g/mol. The van der Waals surface area contributed by atoms with Crippen LogP contribution < -0.4 is 4.90 Å². The fraction of sp³-hybridized carbons (Fsp3) is 0.105. The highest BCUT2D eigenvalue weighted by Crippen LogP contribution is 2.35. The molecule has 0 unspecified atom stereocenters. The van der Waals surface area contributed by atoms with Crippen molar-refractivity contribution >= 4 is 34.3 Å². The number of carbonyl (C=O) groups excluding carboxylic acids is 2. The highest BCUT2D eigenvalue weighted by Gasteiger charge is 2.30. The standard InChI is InChI=1S/C19H14N2O3/c1-24-19(23)14-11-17(20-15-8-4-3-7-13(14)15)21-16-9-5-2-6-12(16)10-18(21)22/h2-9,11H,10H2,1H3. The van der Waals surface area contributed by atoms with Gasteiger partial charge in [-0.05, 0) is 23.8 Å². The molecule has 118 valence electrons. The number of carbonyl (C=O) groups is 2. The Bertz CT molecular complexity index is 981. The van der Waals surface area contributed by atoms with E-state index < -0.39 is 5.97 Å². The van der Waals surface area contributed by atoms with Crippen molar-refractivity contribution in [3.8, 4) is 0 Å². The molecule has 0 saturated heterocycles. The lowest BCUT2D eigenvalue weighted by molar-refractivity contribution is -0.116. The van der Waals surface area contributed by atoms with Crippen LogP contribution in [0.2, 0.25) is 0 Å². The Labute approximate surface area is 138 Å². The summed E-state index contributed by atoms with van der Waals surface area (Å²) in [5.74, 6) is -0.0753. The maximum Gasteiger partial charge on any atom is 0.338 e. The quantitative estimate of drug-likeness (QED) is 0.681. The molecule has 24 heavy (non-hydrogen) atoms. The van der Waals surface area contributed by atoms with Gasteiger partial charge < -0.3 is 4.74 Å². The predicted octanol–water partition coefficient (Wildman–Crippen LogP) is 3.24. The van der Waals surface area contributed by atoms with Crippen LogP contribution in [0.15, 0.2) is 54.6 Å². The summed E-state index contributed by atoms with van der Waals surface area (Å²) in [4.78, 5) is 30.8. The van der Waals surface area contributed by atoms with Crippen molar-refractivity contribution in [3.63, 3.8) is 0 Å². The third kappa shape index (κ3) is 2.13. The van der Waals surface area contributed by atoms with Crippen molar-refractivity contribution in [1.82, 2.24) is 4.98 Å². The van der Waals surface area contributed by atoms with Crippen LogP contribution in [0.25, 0.3) is 10.9 Å². The number of benzene rings is 2. The molecule has 3 aromatic rings. The molecule has 2 aromatic carbocycles. The molecule has 0 spiro atoms. The summed E-state index contributed by atoms with van der Waals surface area (Å²) in [7, 11) is 1.34. The lowest BCUT2D eigenvalue weighted by Crippen LogP contribution is -2.22. The summed E-state index contributed by atoms with van der Waals surface area (Å²) in [5.41, 5.74) is 2.81. The first-order chi connectivity index (χ1) is 11.7. The van der Waals surface area contributed by atoms with Gasteiger partial charge in [0.1, 0.15) is 5.82 Å². The average Bonchev–Trinajstić information content (AvgIpc) is 2.95. The first-order valence-electron chi connectivity index (χ1n) is 7.58. The smallest absolute Gasteiger partial charge is 0.338 e. The van der Waals surface area contributed by atoms with Crippen molar-refractivity contribution in [2.45, 2.75) is 6.42 Å². The Kier molecular flexibility index (Phi) is 3.27. The predicted molar refractivity (Wildman–Crippen MR) is 90.4 cm³/mol. The van der Waals surface area contributed by atoms with Crippen LogP contribution in [0.3, 0.4) is 0 Å². The fourth-order valence-corrected chi connectivity index (χ4v) is 3.06. The number of methoxy groups -OCH3 is 1. The normalized spacial score (nSPS) is 13.2. The number of amides is 1. The molecule has 0 atom stereocenters. The van der Waals surface area contributed by atoms with E-state index in [4.69, 9.17) is 4.74 Å². The van der Waals surface area contributed by atoms with Crippen LogP contribution in [-0.4, -0.2) is 24.0 Å². The van der Waals surface area contributed by atoms with E-state index in [1.165, 1.54) is 7.11 Å². The Morgan fingerprint density at radius 1 is 1.12 bits per heavy atom. The number of nitrogens with zero attached hydrogens (tertiary/aromatic N) is 2. The molecule has 0 radical (unpaired) electrons. The Balaban J connectivity index is 1.95. The van der Waals surface area contributed by atoms with Crippen LogP contribution in [0.1, 0.15) is 15.9 Å². The van der Waals surface area contributed by atoms with Crippen LogP contribution in [0.5, 0.6) is 0 Å². The van der Waals surface area contributed by atoms with Gasteiger partial charge >= 0.3 is 5.97 Å². The van der Waals surface area contributed by atoms with Gasteiger partial charge in [-0.2, -0.15) is 0 Å². The van der Waals surface area contributed by atoms with E-state index in [1.807, 2.05) is 48.5 Å². The Morgan fingerprint density at radius 3 is 2.71 bits per heavy atom. The first-order valence-corrected chi connectivity index (χ1v) is 7.58. The van der Waals surface area contributed by atoms with Gasteiger partial charge in [0.2, 0.25) is 5.91 Å². The molecule has 4 rings (SSSR count). The van der Waals surface area contributed by atoms with Crippen LogP contribution in [0, 0.1) is 0 Å². The lowest BCUT2D eigenvalue weighted by Gasteiger charge is -2.18. The third-order valence-corrected chi connectivity index (χ3v) is 4.16. The molecule has 1 aliphatic heterocycles. The molecule has 0 aliphatic carbocycles. The molecule has 1 amide bonds. The van der Waals surface area contributed by atoms with Gasteiger partial charge in [-0.25, -0.2) is 9.78 Å². The first kappa shape index (κ1) is 14.4. The Morgan fingerprint density at radius 2 is 1.88 bits per heavy atom. The number of anilines is 2. The number of para-hydroxylation sites is 2. The van der Waals surface area contributed by atoms with E-state index in [1.54, 1.807) is 11.0 Å². The molecule has 2 heterocycles. The minimum atomic E-state index is -0.449. The van der Waals surface area contributed by atoms with E-state index in [0.717, 1.165) is 11.3 Å². The van der Waals surface area contributed by atoms with Gasteiger partial charge in [0.25, 0.3) is 0 Å². The summed E-state index contributed by atoms with van der Waals surface area (Å²) >= 11 is 0. The maximum atomic E-state index is 12.5. The number of hydrogen-bond acceptors (Lipinski definition) is 4. The second kappa shape index (κ2) is 5.45. The van der Waals surface area contributed by atoms with Gasteiger partial charge in [-0.1, -0.05) is 36.4 Å². The van der Waals surface area contributed by atoms with E-state index in [0.29, 0.717) is 28.7 Å². The van der Waals surface area contributed by atoms with E-state index in [-0.39, 0.29) is 5.91 Å².